The number of hydrogen-bond acceptors (Lipinski definition) is 5. The van der Waals surface area contributed by atoms with Crippen LogP contribution in [0.2, 0.25) is 0 Å². The second-order valence-corrected chi connectivity index (χ2v) is 4.53. The monoisotopic (exact) mass is 262 g/mol. The van der Waals surface area contributed by atoms with Gasteiger partial charge in [-0.05, 0) is 12.1 Å². The number of β-amino-alcohol motifs (C(OH)–C–C–N with tert-alkyl or cyclic N) is 1. The fourth-order valence-corrected chi connectivity index (χ4v) is 2.01. The quantitative estimate of drug-likeness (QED) is 0.844. The van der Waals surface area contributed by atoms with Crippen LogP contribution in [0, 0.1) is 11.3 Å². The predicted molar refractivity (Wildman–Crippen MR) is 69.7 cm³/mol. The van der Waals surface area contributed by atoms with Crippen LogP contribution in [0.1, 0.15) is 0 Å². The van der Waals surface area contributed by atoms with Gasteiger partial charge in [0, 0.05) is 19.6 Å². The maximum atomic E-state index is 9.93. The van der Waals surface area contributed by atoms with Gasteiger partial charge in [-0.25, -0.2) is 0 Å². The molecule has 5 heteroatoms. The predicted octanol–water partition coefficient (Wildman–Crippen LogP) is 0.651. The Hall–Kier alpha value is -1.61. The number of aliphatic hydroxyl groups excluding tert-OH is 1. The first-order chi connectivity index (χ1) is 9.28. The first-order valence-electron chi connectivity index (χ1n) is 6.37. The number of nitriles is 1. The molecule has 0 amide bonds. The van der Waals surface area contributed by atoms with Crippen LogP contribution in [0.25, 0.3) is 0 Å². The highest BCUT2D eigenvalue weighted by atomic mass is 16.5. The maximum Gasteiger partial charge on any atom is 0.156 e. The lowest BCUT2D eigenvalue weighted by atomic mass is 10.2. The second kappa shape index (κ2) is 7.10. The minimum Gasteiger partial charge on any atom is -0.491 e. The topological polar surface area (TPSA) is 65.7 Å². The molecule has 1 aliphatic rings. The van der Waals surface area contributed by atoms with Crippen molar-refractivity contribution in [3.63, 3.8) is 0 Å². The van der Waals surface area contributed by atoms with Gasteiger partial charge in [0.25, 0.3) is 0 Å². The van der Waals surface area contributed by atoms with Gasteiger partial charge in [0.2, 0.25) is 0 Å². The van der Waals surface area contributed by atoms with Crippen molar-refractivity contribution in [3.8, 4) is 11.8 Å². The Morgan fingerprint density at radius 2 is 2.26 bits per heavy atom. The second-order valence-electron chi connectivity index (χ2n) is 4.53. The summed E-state index contributed by atoms with van der Waals surface area (Å²) in [5.74, 6) is 0.749. The molecule has 2 unspecified atom stereocenters. The molecule has 0 saturated carbocycles. The van der Waals surface area contributed by atoms with Crippen LogP contribution in [0.4, 0.5) is 0 Å². The number of benzene rings is 1. The molecule has 1 heterocycles. The Bertz CT molecular complexity index is 418. The van der Waals surface area contributed by atoms with E-state index in [4.69, 9.17) is 14.7 Å². The third-order valence-corrected chi connectivity index (χ3v) is 2.95. The number of hydrogen-bond donors (Lipinski definition) is 1. The molecule has 5 nitrogen and oxygen atoms in total. The fraction of sp³-hybridized carbons (Fsp3) is 0.500. The van der Waals surface area contributed by atoms with Crippen LogP contribution >= 0.6 is 0 Å². The molecule has 102 valence electrons. The van der Waals surface area contributed by atoms with E-state index in [9.17, 15) is 5.11 Å². The van der Waals surface area contributed by atoms with Gasteiger partial charge in [0.15, 0.2) is 6.10 Å². The summed E-state index contributed by atoms with van der Waals surface area (Å²) in [4.78, 5) is 2.02. The lowest BCUT2D eigenvalue weighted by molar-refractivity contribution is -0.0215. The summed E-state index contributed by atoms with van der Waals surface area (Å²) in [6.45, 7) is 2.55. The third-order valence-electron chi connectivity index (χ3n) is 2.95. The third kappa shape index (κ3) is 4.52. The normalized spacial score (nSPS) is 21.6. The summed E-state index contributed by atoms with van der Waals surface area (Å²) >= 11 is 0. The molecule has 1 aromatic carbocycles. The highest BCUT2D eigenvalue weighted by molar-refractivity contribution is 5.20. The first-order valence-corrected chi connectivity index (χ1v) is 6.37. The molecular formula is C14H18N2O3. The highest BCUT2D eigenvalue weighted by Gasteiger charge is 2.21. The van der Waals surface area contributed by atoms with E-state index >= 15 is 0 Å². The summed E-state index contributed by atoms with van der Waals surface area (Å²) < 4.78 is 10.7. The Labute approximate surface area is 113 Å². The molecule has 0 aliphatic carbocycles. The Kier molecular flexibility index (Phi) is 5.16. The number of para-hydroxylation sites is 1. The van der Waals surface area contributed by atoms with Crippen molar-refractivity contribution in [3.05, 3.63) is 30.3 Å². The van der Waals surface area contributed by atoms with E-state index in [0.29, 0.717) is 19.7 Å². The van der Waals surface area contributed by atoms with Crippen molar-refractivity contribution >= 4 is 0 Å². The first kappa shape index (κ1) is 13.8. The van der Waals surface area contributed by atoms with Gasteiger partial charge in [0.05, 0.1) is 12.7 Å². The largest absolute Gasteiger partial charge is 0.491 e. The van der Waals surface area contributed by atoms with Crippen LogP contribution in [0.5, 0.6) is 5.75 Å². The van der Waals surface area contributed by atoms with Crippen molar-refractivity contribution in [2.45, 2.75) is 12.2 Å². The minimum atomic E-state index is -0.572. The van der Waals surface area contributed by atoms with Crippen molar-refractivity contribution < 1.29 is 14.6 Å². The highest BCUT2D eigenvalue weighted by Crippen LogP contribution is 2.09. The van der Waals surface area contributed by atoms with Gasteiger partial charge in [-0.2, -0.15) is 5.26 Å². The van der Waals surface area contributed by atoms with Crippen molar-refractivity contribution in [2.75, 3.05) is 32.8 Å². The van der Waals surface area contributed by atoms with E-state index in [1.54, 1.807) is 0 Å². The summed E-state index contributed by atoms with van der Waals surface area (Å²) in [5, 5.41) is 18.7. The summed E-state index contributed by atoms with van der Waals surface area (Å²) in [7, 11) is 0. The summed E-state index contributed by atoms with van der Waals surface area (Å²) in [5.41, 5.74) is 0. The summed E-state index contributed by atoms with van der Waals surface area (Å²) in [6, 6.07) is 11.5. The standard InChI is InChI=1S/C14H18N2O3/c15-8-14-10-16(6-7-18-14)9-12(17)11-19-13-4-2-1-3-5-13/h1-5,12,14,17H,6-7,9-11H2. The average molecular weight is 262 g/mol. The van der Waals surface area contributed by atoms with Gasteiger partial charge >= 0.3 is 0 Å². The zero-order valence-electron chi connectivity index (χ0n) is 10.7. The lowest BCUT2D eigenvalue weighted by Gasteiger charge is -2.31. The van der Waals surface area contributed by atoms with Gasteiger partial charge in [-0.15, -0.1) is 0 Å². The van der Waals surface area contributed by atoms with Crippen LogP contribution in [-0.2, 0) is 4.74 Å². The van der Waals surface area contributed by atoms with Gasteiger partial charge < -0.3 is 14.6 Å². The molecule has 2 rings (SSSR count). The van der Waals surface area contributed by atoms with Crippen LogP contribution < -0.4 is 4.74 Å². The van der Waals surface area contributed by atoms with E-state index in [0.717, 1.165) is 12.3 Å². The molecule has 1 aliphatic heterocycles. The molecule has 1 saturated heterocycles. The van der Waals surface area contributed by atoms with E-state index in [1.807, 2.05) is 35.2 Å². The Balaban J connectivity index is 1.72. The number of rotatable bonds is 5. The molecule has 0 aromatic heterocycles. The minimum absolute atomic E-state index is 0.249. The van der Waals surface area contributed by atoms with E-state index in [-0.39, 0.29) is 6.61 Å². The van der Waals surface area contributed by atoms with Gasteiger partial charge in [-0.3, -0.25) is 4.90 Å². The average Bonchev–Trinajstić information content (AvgIpc) is 2.46. The number of morpholine rings is 1. The molecule has 2 atom stereocenters. The lowest BCUT2D eigenvalue weighted by Crippen LogP contribution is -2.46. The number of ether oxygens (including phenoxy) is 2. The van der Waals surface area contributed by atoms with Crippen LogP contribution in [-0.4, -0.2) is 55.1 Å². The SMILES string of the molecule is N#CC1CN(CC(O)COc2ccccc2)CCO1. The molecule has 1 N–H and O–H groups in total. The molecule has 1 fully saturated rings. The molecule has 19 heavy (non-hydrogen) atoms. The van der Waals surface area contributed by atoms with E-state index in [1.165, 1.54) is 0 Å². The zero-order chi connectivity index (χ0) is 13.5. The number of aliphatic hydroxyl groups is 1. The molecule has 1 aromatic rings. The van der Waals surface area contributed by atoms with E-state index < -0.39 is 12.2 Å². The Morgan fingerprint density at radius 1 is 1.47 bits per heavy atom. The molecule has 0 radical (unpaired) electrons. The molecule has 0 spiro atoms. The molecule has 0 bridgehead atoms. The van der Waals surface area contributed by atoms with Crippen LogP contribution in [0.3, 0.4) is 0 Å². The van der Waals surface area contributed by atoms with Crippen molar-refractivity contribution in [2.24, 2.45) is 0 Å². The number of nitrogens with zero attached hydrogens (tertiary/aromatic N) is 2. The maximum absolute atomic E-state index is 9.93. The van der Waals surface area contributed by atoms with E-state index in [2.05, 4.69) is 6.07 Å². The fourth-order valence-electron chi connectivity index (χ4n) is 2.01. The molecular weight excluding hydrogens is 244 g/mol. The summed E-state index contributed by atoms with van der Waals surface area (Å²) in [6.07, 6.45) is -0.964. The smallest absolute Gasteiger partial charge is 0.156 e. The van der Waals surface area contributed by atoms with Crippen molar-refractivity contribution in [1.29, 1.82) is 5.26 Å². The van der Waals surface area contributed by atoms with Crippen LogP contribution in [0.15, 0.2) is 30.3 Å². The zero-order valence-corrected chi connectivity index (χ0v) is 10.7. The van der Waals surface area contributed by atoms with Gasteiger partial charge in [0.1, 0.15) is 18.5 Å². The Morgan fingerprint density at radius 3 is 3.00 bits per heavy atom. The van der Waals surface area contributed by atoms with Gasteiger partial charge in [-0.1, -0.05) is 18.2 Å². The van der Waals surface area contributed by atoms with Crippen molar-refractivity contribution in [1.82, 2.24) is 4.90 Å².